The van der Waals surface area contributed by atoms with Crippen molar-refractivity contribution in [1.29, 1.82) is 0 Å². The Kier molecular flexibility index (Phi) is 4.86. The van der Waals surface area contributed by atoms with Crippen molar-refractivity contribution in [3.05, 3.63) is 64.9 Å². The van der Waals surface area contributed by atoms with E-state index < -0.39 is 0 Å². The van der Waals surface area contributed by atoms with Crippen LogP contribution in [-0.4, -0.2) is 33.4 Å². The lowest BCUT2D eigenvalue weighted by molar-refractivity contribution is 0.0757. The van der Waals surface area contributed by atoms with Crippen LogP contribution in [0.1, 0.15) is 30.0 Å². The SMILES string of the molecule is CCN(CC)C(=O)c1nc2ccccc2n1Cc1ccc(Cl)cc1. The summed E-state index contributed by atoms with van der Waals surface area (Å²) in [6.45, 7) is 5.88. The molecule has 0 atom stereocenters. The Morgan fingerprint density at radius 1 is 1.08 bits per heavy atom. The molecule has 2 aromatic carbocycles. The van der Waals surface area contributed by atoms with Crippen molar-refractivity contribution in [3.63, 3.8) is 0 Å². The Bertz CT molecular complexity index is 851. The van der Waals surface area contributed by atoms with Crippen molar-refractivity contribution in [2.75, 3.05) is 13.1 Å². The average Bonchev–Trinajstić information content (AvgIpc) is 2.96. The van der Waals surface area contributed by atoms with Gasteiger partial charge in [-0.15, -0.1) is 0 Å². The summed E-state index contributed by atoms with van der Waals surface area (Å²) in [7, 11) is 0. The summed E-state index contributed by atoms with van der Waals surface area (Å²) in [5, 5.41) is 0.702. The number of hydrogen-bond acceptors (Lipinski definition) is 2. The molecule has 1 aromatic heterocycles. The highest BCUT2D eigenvalue weighted by Gasteiger charge is 2.21. The second-order valence-electron chi connectivity index (χ2n) is 5.61. The maximum absolute atomic E-state index is 12.9. The summed E-state index contributed by atoms with van der Waals surface area (Å²) in [5.41, 5.74) is 2.88. The molecule has 0 N–H and O–H groups in total. The molecule has 0 fully saturated rings. The number of carbonyl (C=O) groups excluding carboxylic acids is 1. The van der Waals surface area contributed by atoms with Gasteiger partial charge in [0.05, 0.1) is 11.0 Å². The Morgan fingerprint density at radius 3 is 2.42 bits per heavy atom. The van der Waals surface area contributed by atoms with E-state index in [1.54, 1.807) is 4.90 Å². The van der Waals surface area contributed by atoms with E-state index in [1.165, 1.54) is 0 Å². The van der Waals surface area contributed by atoms with Crippen molar-refractivity contribution in [1.82, 2.24) is 14.5 Å². The van der Waals surface area contributed by atoms with Gasteiger partial charge in [-0.25, -0.2) is 4.98 Å². The Hall–Kier alpha value is -2.33. The number of hydrogen-bond donors (Lipinski definition) is 0. The molecule has 0 aliphatic heterocycles. The van der Waals surface area contributed by atoms with Gasteiger partial charge >= 0.3 is 0 Å². The number of aromatic nitrogens is 2. The van der Waals surface area contributed by atoms with E-state index in [0.29, 0.717) is 30.5 Å². The van der Waals surface area contributed by atoms with Crippen LogP contribution >= 0.6 is 11.6 Å². The topological polar surface area (TPSA) is 38.1 Å². The summed E-state index contributed by atoms with van der Waals surface area (Å²) < 4.78 is 1.99. The molecular formula is C19H20ClN3O. The lowest BCUT2D eigenvalue weighted by Crippen LogP contribution is -2.32. The standard InChI is InChI=1S/C19H20ClN3O/c1-3-22(4-2)19(24)18-21-16-7-5-6-8-17(16)23(18)13-14-9-11-15(20)12-10-14/h5-12H,3-4,13H2,1-2H3. The number of halogens is 1. The number of imidazole rings is 1. The fourth-order valence-corrected chi connectivity index (χ4v) is 2.95. The number of amides is 1. The smallest absolute Gasteiger partial charge is 0.289 e. The zero-order chi connectivity index (χ0) is 17.1. The number of para-hydroxylation sites is 2. The van der Waals surface area contributed by atoms with Crippen LogP contribution in [0.4, 0.5) is 0 Å². The fraction of sp³-hybridized carbons (Fsp3) is 0.263. The predicted molar refractivity (Wildman–Crippen MR) is 97.5 cm³/mol. The highest BCUT2D eigenvalue weighted by atomic mass is 35.5. The highest BCUT2D eigenvalue weighted by molar-refractivity contribution is 6.30. The molecule has 0 saturated carbocycles. The largest absolute Gasteiger partial charge is 0.337 e. The summed E-state index contributed by atoms with van der Waals surface area (Å²) in [5.74, 6) is 0.444. The monoisotopic (exact) mass is 341 g/mol. The number of fused-ring (bicyclic) bond motifs is 1. The molecule has 1 heterocycles. The molecule has 5 heteroatoms. The van der Waals surface area contributed by atoms with Crippen molar-refractivity contribution < 1.29 is 4.79 Å². The molecule has 0 bridgehead atoms. The third-order valence-electron chi connectivity index (χ3n) is 4.15. The Labute approximate surface area is 146 Å². The van der Waals surface area contributed by atoms with Crippen LogP contribution in [0, 0.1) is 0 Å². The van der Waals surface area contributed by atoms with Crippen molar-refractivity contribution in [2.24, 2.45) is 0 Å². The third kappa shape index (κ3) is 3.15. The molecule has 4 nitrogen and oxygen atoms in total. The summed E-state index contributed by atoms with van der Waals surface area (Å²) in [6.07, 6.45) is 0. The molecule has 0 saturated heterocycles. The van der Waals surface area contributed by atoms with Gasteiger partial charge in [0.1, 0.15) is 0 Å². The van der Waals surface area contributed by atoms with Crippen LogP contribution in [0.25, 0.3) is 11.0 Å². The summed E-state index contributed by atoms with van der Waals surface area (Å²) in [4.78, 5) is 19.2. The van der Waals surface area contributed by atoms with Gasteiger partial charge in [0.2, 0.25) is 5.82 Å². The lowest BCUT2D eigenvalue weighted by Gasteiger charge is -2.19. The Balaban J connectivity index is 2.08. The molecule has 0 spiro atoms. The highest BCUT2D eigenvalue weighted by Crippen LogP contribution is 2.20. The normalized spacial score (nSPS) is 11.0. The van der Waals surface area contributed by atoms with Gasteiger partial charge in [0.15, 0.2) is 0 Å². The zero-order valence-corrected chi connectivity index (χ0v) is 14.6. The zero-order valence-electron chi connectivity index (χ0n) is 13.9. The third-order valence-corrected chi connectivity index (χ3v) is 4.40. The first-order chi connectivity index (χ1) is 11.6. The minimum atomic E-state index is -0.0369. The first kappa shape index (κ1) is 16.5. The van der Waals surface area contributed by atoms with Gasteiger partial charge < -0.3 is 9.47 Å². The molecule has 124 valence electrons. The van der Waals surface area contributed by atoms with Gasteiger partial charge in [-0.1, -0.05) is 35.9 Å². The van der Waals surface area contributed by atoms with Crippen molar-refractivity contribution in [2.45, 2.75) is 20.4 Å². The van der Waals surface area contributed by atoms with Crippen LogP contribution in [0.5, 0.6) is 0 Å². The van der Waals surface area contributed by atoms with Gasteiger partial charge in [-0.2, -0.15) is 0 Å². The number of rotatable bonds is 5. The molecule has 0 aliphatic rings. The lowest BCUT2D eigenvalue weighted by atomic mass is 10.2. The second-order valence-corrected chi connectivity index (χ2v) is 6.05. The first-order valence-corrected chi connectivity index (χ1v) is 8.50. The van der Waals surface area contributed by atoms with Crippen LogP contribution in [0.15, 0.2) is 48.5 Å². The average molecular weight is 342 g/mol. The Morgan fingerprint density at radius 2 is 1.75 bits per heavy atom. The molecule has 1 amide bonds. The van der Waals surface area contributed by atoms with Gasteiger partial charge in [-0.05, 0) is 43.7 Å². The molecule has 0 unspecified atom stereocenters. The quantitative estimate of drug-likeness (QED) is 0.697. The first-order valence-electron chi connectivity index (χ1n) is 8.13. The van der Waals surface area contributed by atoms with Crippen LogP contribution < -0.4 is 0 Å². The van der Waals surface area contributed by atoms with Crippen molar-refractivity contribution >= 4 is 28.5 Å². The van der Waals surface area contributed by atoms with Crippen LogP contribution in [-0.2, 0) is 6.54 Å². The molecule has 3 aromatic rings. The van der Waals surface area contributed by atoms with Crippen LogP contribution in [0.2, 0.25) is 5.02 Å². The summed E-state index contributed by atoms with van der Waals surface area (Å²) >= 11 is 5.97. The molecule has 3 rings (SSSR count). The van der Waals surface area contributed by atoms with E-state index >= 15 is 0 Å². The fourth-order valence-electron chi connectivity index (χ4n) is 2.82. The molecule has 0 aliphatic carbocycles. The molecule has 0 radical (unpaired) electrons. The van der Waals surface area contributed by atoms with E-state index in [2.05, 4.69) is 4.98 Å². The van der Waals surface area contributed by atoms with E-state index in [-0.39, 0.29) is 5.91 Å². The number of carbonyl (C=O) groups is 1. The van der Waals surface area contributed by atoms with E-state index in [1.807, 2.05) is 66.9 Å². The minimum Gasteiger partial charge on any atom is -0.337 e. The van der Waals surface area contributed by atoms with Crippen molar-refractivity contribution in [3.8, 4) is 0 Å². The number of benzene rings is 2. The van der Waals surface area contributed by atoms with E-state index in [9.17, 15) is 4.79 Å². The summed E-state index contributed by atoms with van der Waals surface area (Å²) in [6, 6.07) is 15.5. The molecule has 24 heavy (non-hydrogen) atoms. The van der Waals surface area contributed by atoms with Gasteiger partial charge in [0, 0.05) is 24.7 Å². The minimum absolute atomic E-state index is 0.0369. The maximum Gasteiger partial charge on any atom is 0.289 e. The second kappa shape index (κ2) is 7.05. The predicted octanol–water partition coefficient (Wildman–Crippen LogP) is 4.22. The maximum atomic E-state index is 12.9. The van der Waals surface area contributed by atoms with Gasteiger partial charge in [-0.3, -0.25) is 4.79 Å². The van der Waals surface area contributed by atoms with E-state index in [4.69, 9.17) is 11.6 Å². The van der Waals surface area contributed by atoms with E-state index in [0.717, 1.165) is 16.6 Å². The molecular weight excluding hydrogens is 322 g/mol. The van der Waals surface area contributed by atoms with Crippen LogP contribution in [0.3, 0.4) is 0 Å². The number of nitrogens with zero attached hydrogens (tertiary/aromatic N) is 3. The van der Waals surface area contributed by atoms with Gasteiger partial charge in [0.25, 0.3) is 5.91 Å².